The summed E-state index contributed by atoms with van der Waals surface area (Å²) in [5.41, 5.74) is 22.2. The molecule has 20 heteroatoms. The number of nitrogens with two attached hydrogens (primary N) is 4. The van der Waals surface area contributed by atoms with Crippen LogP contribution in [0.1, 0.15) is 69.4 Å². The van der Waals surface area contributed by atoms with E-state index in [9.17, 15) is 28.8 Å². The van der Waals surface area contributed by atoms with Crippen LogP contribution >= 0.6 is 11.6 Å². The number of unbranched alkanes of at least 4 members (excludes halogenated alkanes) is 1. The van der Waals surface area contributed by atoms with E-state index in [-0.39, 0.29) is 42.2 Å². The molecule has 0 aliphatic rings. The van der Waals surface area contributed by atoms with Crippen molar-refractivity contribution in [3.63, 3.8) is 0 Å². The van der Waals surface area contributed by atoms with Gasteiger partial charge in [0.1, 0.15) is 31.3 Å². The first-order valence-corrected chi connectivity index (χ1v) is 17.7. The summed E-state index contributed by atoms with van der Waals surface area (Å²) in [6, 6.07) is 5.85. The molecule has 0 bridgehead atoms. The molecule has 5 amide bonds. The van der Waals surface area contributed by atoms with E-state index < -0.39 is 84.3 Å². The number of aliphatic imine (C=N–C) groups is 1. The van der Waals surface area contributed by atoms with Crippen molar-refractivity contribution in [1.82, 2.24) is 31.2 Å². The summed E-state index contributed by atoms with van der Waals surface area (Å²) in [7, 11) is 0. The first kappa shape index (κ1) is 44.6. The van der Waals surface area contributed by atoms with Gasteiger partial charge in [0.2, 0.25) is 23.6 Å². The minimum atomic E-state index is -1.08. The van der Waals surface area contributed by atoms with Crippen LogP contribution in [0.25, 0.3) is 0 Å². The van der Waals surface area contributed by atoms with Crippen molar-refractivity contribution in [2.75, 3.05) is 30.7 Å². The monoisotopic (exact) mass is 774 g/mol. The summed E-state index contributed by atoms with van der Waals surface area (Å²) in [6.07, 6.45) is 1.53. The third-order valence-corrected chi connectivity index (χ3v) is 7.83. The van der Waals surface area contributed by atoms with Crippen molar-refractivity contribution in [2.45, 2.75) is 78.1 Å². The zero-order valence-corrected chi connectivity index (χ0v) is 31.6. The van der Waals surface area contributed by atoms with Gasteiger partial charge in [-0.2, -0.15) is 4.99 Å². The summed E-state index contributed by atoms with van der Waals surface area (Å²) in [5.74, 6) is -5.62. The van der Waals surface area contributed by atoms with Gasteiger partial charge in [-0.3, -0.25) is 28.8 Å². The maximum atomic E-state index is 13.6. The van der Waals surface area contributed by atoms with E-state index in [1.54, 1.807) is 26.0 Å². The van der Waals surface area contributed by atoms with Crippen LogP contribution in [0.4, 0.5) is 11.6 Å². The van der Waals surface area contributed by atoms with Crippen LogP contribution in [0.5, 0.6) is 0 Å². The number of hydrogen-bond acceptors (Lipinski definition) is 12. The van der Waals surface area contributed by atoms with Gasteiger partial charge in [0, 0.05) is 0 Å². The molecule has 0 fully saturated rings. The standard InChI is InChI=1S/C34H51ClN12O7/c1-18(2)14-22(31(51)42-21(12-8-9-13-36)30(50)41-16-24(49)54-17-20-10-6-5-7-11-20)43-32(52)25(19(3)4)44-23(48)15-40-29-27(35)45-26(28(37)46-29)33(53)47-34(38)39/h5-7,10-11,18-19,21-22,25H,8-9,12-17,36H2,1-4H3,(H,41,50)(H,42,51)(H,43,52)(H,44,48)(H3,37,40,46)(H4,38,39,47,53)/t21-,22-,25-/m0/s1. The first-order chi connectivity index (χ1) is 25.5. The van der Waals surface area contributed by atoms with Gasteiger partial charge >= 0.3 is 11.9 Å². The smallest absolute Gasteiger partial charge is 0.325 e. The number of ether oxygens (including phenoxy) is 1. The number of aromatic nitrogens is 2. The molecule has 0 spiro atoms. The van der Waals surface area contributed by atoms with E-state index in [1.807, 2.05) is 32.0 Å². The van der Waals surface area contributed by atoms with Crippen LogP contribution < -0.4 is 49.5 Å². The Labute approximate surface area is 318 Å². The summed E-state index contributed by atoms with van der Waals surface area (Å²) in [6.45, 7) is 6.69. The highest BCUT2D eigenvalue weighted by atomic mass is 35.5. The summed E-state index contributed by atoms with van der Waals surface area (Å²) in [5, 5.41) is 12.9. The second-order valence-corrected chi connectivity index (χ2v) is 13.3. The molecule has 0 unspecified atom stereocenters. The summed E-state index contributed by atoms with van der Waals surface area (Å²) < 4.78 is 5.23. The normalized spacial score (nSPS) is 12.5. The Balaban J connectivity index is 2.08. The number of anilines is 2. The maximum Gasteiger partial charge on any atom is 0.325 e. The van der Waals surface area contributed by atoms with Gasteiger partial charge in [-0.05, 0) is 49.6 Å². The Hall–Kier alpha value is -5.56. The predicted molar refractivity (Wildman–Crippen MR) is 202 cm³/mol. The molecule has 0 aliphatic heterocycles. The van der Waals surface area contributed by atoms with E-state index in [0.29, 0.717) is 19.4 Å². The van der Waals surface area contributed by atoms with Gasteiger partial charge in [-0.1, -0.05) is 69.6 Å². The molecule has 2 aromatic rings. The fourth-order valence-electron chi connectivity index (χ4n) is 4.86. The van der Waals surface area contributed by atoms with Crippen LogP contribution in [0.15, 0.2) is 35.3 Å². The van der Waals surface area contributed by atoms with E-state index in [1.165, 1.54) is 0 Å². The summed E-state index contributed by atoms with van der Waals surface area (Å²) in [4.78, 5) is 88.8. The van der Waals surface area contributed by atoms with Gasteiger partial charge in [0.25, 0.3) is 0 Å². The molecule has 0 saturated heterocycles. The number of carbonyl (C=O) groups is 6. The number of halogens is 1. The fraction of sp³-hybridized carbons (Fsp3) is 0.500. The van der Waals surface area contributed by atoms with Crippen LogP contribution in [-0.2, 0) is 35.3 Å². The largest absolute Gasteiger partial charge is 0.460 e. The van der Waals surface area contributed by atoms with Crippen molar-refractivity contribution in [3.8, 4) is 0 Å². The van der Waals surface area contributed by atoms with Gasteiger partial charge in [-0.25, -0.2) is 9.97 Å². The number of nitrogen functional groups attached to an aromatic ring is 1. The molecule has 54 heavy (non-hydrogen) atoms. The van der Waals surface area contributed by atoms with Crippen LogP contribution in [0.2, 0.25) is 5.15 Å². The maximum absolute atomic E-state index is 13.6. The predicted octanol–water partition coefficient (Wildman–Crippen LogP) is -0.317. The third-order valence-electron chi connectivity index (χ3n) is 7.57. The molecule has 19 nitrogen and oxygen atoms in total. The van der Waals surface area contributed by atoms with Crippen molar-refractivity contribution in [3.05, 3.63) is 46.7 Å². The highest BCUT2D eigenvalue weighted by molar-refractivity contribution is 6.32. The van der Waals surface area contributed by atoms with Gasteiger partial charge in [-0.15, -0.1) is 0 Å². The number of hydrogen-bond donors (Lipinski definition) is 9. The number of esters is 1. The van der Waals surface area contributed by atoms with Crippen molar-refractivity contribution in [2.24, 2.45) is 34.0 Å². The molecular weight excluding hydrogens is 724 g/mol. The Morgan fingerprint density at radius 2 is 1.54 bits per heavy atom. The zero-order valence-electron chi connectivity index (χ0n) is 30.8. The van der Waals surface area contributed by atoms with Crippen LogP contribution in [0.3, 0.4) is 0 Å². The van der Waals surface area contributed by atoms with Gasteiger partial charge in [0.05, 0.1) is 6.54 Å². The number of rotatable bonds is 21. The molecule has 0 radical (unpaired) electrons. The number of benzene rings is 1. The molecule has 0 aliphatic carbocycles. The lowest BCUT2D eigenvalue weighted by molar-refractivity contribution is -0.145. The van der Waals surface area contributed by atoms with Crippen molar-refractivity contribution >= 4 is 64.7 Å². The lowest BCUT2D eigenvalue weighted by Crippen LogP contribution is -2.58. The lowest BCUT2D eigenvalue weighted by atomic mass is 9.99. The lowest BCUT2D eigenvalue weighted by Gasteiger charge is -2.27. The van der Waals surface area contributed by atoms with Crippen molar-refractivity contribution < 1.29 is 33.5 Å². The quantitative estimate of drug-likeness (QED) is 0.0340. The van der Waals surface area contributed by atoms with Gasteiger partial charge < -0.3 is 54.3 Å². The minimum Gasteiger partial charge on any atom is -0.460 e. The van der Waals surface area contributed by atoms with Crippen LogP contribution in [-0.4, -0.2) is 89.2 Å². The first-order valence-electron chi connectivity index (χ1n) is 17.3. The Bertz CT molecular complexity index is 1640. The third kappa shape index (κ3) is 15.6. The molecule has 1 aromatic heterocycles. The fourth-order valence-corrected chi connectivity index (χ4v) is 5.05. The Morgan fingerprint density at radius 1 is 0.870 bits per heavy atom. The number of nitrogens with one attached hydrogen (secondary N) is 5. The highest BCUT2D eigenvalue weighted by Gasteiger charge is 2.31. The molecule has 1 aromatic carbocycles. The molecule has 13 N–H and O–H groups in total. The number of carbonyl (C=O) groups excluding carboxylic acids is 6. The number of amides is 5. The number of guanidine groups is 1. The zero-order chi connectivity index (χ0) is 40.4. The Kier molecular flexibility index (Phi) is 18.6. The van der Waals surface area contributed by atoms with Crippen molar-refractivity contribution in [1.29, 1.82) is 0 Å². The topological polar surface area (TPSA) is 314 Å². The van der Waals surface area contributed by atoms with E-state index in [0.717, 1.165) is 5.56 Å². The molecular formula is C34H51ClN12O7. The van der Waals surface area contributed by atoms with Gasteiger partial charge in [0.15, 0.2) is 28.4 Å². The molecule has 0 saturated carbocycles. The molecule has 1 heterocycles. The molecule has 2 rings (SSSR count). The summed E-state index contributed by atoms with van der Waals surface area (Å²) >= 11 is 6.12. The van der Waals surface area contributed by atoms with E-state index in [4.69, 9.17) is 39.3 Å². The SMILES string of the molecule is CC(C)C[C@H](NC(=O)[C@@H](NC(=O)CNc1nc(N)c(C(=O)N=C(N)N)nc1Cl)C(C)C)C(=O)N[C@@H](CCCCN)C(=O)NCC(=O)OCc1ccccc1. The second-order valence-electron chi connectivity index (χ2n) is 13.0. The molecule has 3 atom stereocenters. The molecule has 296 valence electrons. The average molecular weight is 775 g/mol. The minimum absolute atomic E-state index is 0.0367. The van der Waals surface area contributed by atoms with E-state index >= 15 is 0 Å². The number of nitrogens with zero attached hydrogens (tertiary/aromatic N) is 3. The average Bonchev–Trinajstić information content (AvgIpc) is 3.11. The van der Waals surface area contributed by atoms with Crippen LogP contribution in [0, 0.1) is 11.8 Å². The van der Waals surface area contributed by atoms with E-state index in [2.05, 4.69) is 41.5 Å². The Morgan fingerprint density at radius 3 is 2.15 bits per heavy atom. The second kappa shape index (κ2) is 22.5. The highest BCUT2D eigenvalue weighted by Crippen LogP contribution is 2.21.